The Morgan fingerprint density at radius 3 is 2.95 bits per heavy atom. The zero-order chi connectivity index (χ0) is 15.0. The Morgan fingerprint density at radius 2 is 2.29 bits per heavy atom. The molecule has 6 heteroatoms. The number of rotatable bonds is 2. The van der Waals surface area contributed by atoms with Gasteiger partial charge >= 0.3 is 5.97 Å². The number of nitrogens with one attached hydrogen (secondary N) is 1. The van der Waals surface area contributed by atoms with Gasteiger partial charge in [-0.15, -0.1) is 0 Å². The number of hydrogen-bond donors (Lipinski definition) is 1. The molecule has 0 aliphatic carbocycles. The zero-order valence-corrected chi connectivity index (χ0v) is 12.0. The van der Waals surface area contributed by atoms with Crippen molar-refractivity contribution in [2.75, 3.05) is 18.6 Å². The molecule has 1 saturated heterocycles. The fourth-order valence-electron chi connectivity index (χ4n) is 2.76. The van der Waals surface area contributed by atoms with Crippen LogP contribution in [0.1, 0.15) is 30.1 Å². The number of esters is 1. The van der Waals surface area contributed by atoms with E-state index in [1.807, 2.05) is 4.90 Å². The first kappa shape index (κ1) is 13.6. The zero-order valence-electron chi connectivity index (χ0n) is 12.0. The molecule has 2 heterocycles. The van der Waals surface area contributed by atoms with Gasteiger partial charge in [0, 0.05) is 12.6 Å². The molecule has 1 aromatic carbocycles. The number of H-pyrrole nitrogens is 1. The molecule has 0 bridgehead atoms. The van der Waals surface area contributed by atoms with Gasteiger partial charge in [-0.25, -0.2) is 9.78 Å². The highest BCUT2D eigenvalue weighted by atomic mass is 16.5. The number of aromatic amines is 1. The Labute approximate surface area is 121 Å². The van der Waals surface area contributed by atoms with Gasteiger partial charge in [-0.1, -0.05) is 0 Å². The lowest BCUT2D eigenvalue weighted by Gasteiger charge is -2.21. The Kier molecular flexibility index (Phi) is 3.37. The minimum Gasteiger partial charge on any atom is -0.465 e. The van der Waals surface area contributed by atoms with E-state index in [1.165, 1.54) is 7.11 Å². The summed E-state index contributed by atoms with van der Waals surface area (Å²) < 4.78 is 4.71. The van der Waals surface area contributed by atoms with Crippen molar-refractivity contribution in [3.8, 4) is 0 Å². The summed E-state index contributed by atoms with van der Waals surface area (Å²) in [7, 11) is 1.34. The first-order valence-corrected chi connectivity index (χ1v) is 6.99. The van der Waals surface area contributed by atoms with Gasteiger partial charge in [0.1, 0.15) is 0 Å². The standard InChI is InChI=1S/C15H17N3O3/c1-9-4-3-7-18(9)13-14(19)17-11-6-5-10(15(20)21-2)8-12(11)16-13/h5-6,8-9H,3-4,7H2,1-2H3,(H,17,19). The monoisotopic (exact) mass is 287 g/mol. The lowest BCUT2D eigenvalue weighted by atomic mass is 10.2. The molecule has 0 saturated carbocycles. The Balaban J connectivity index is 2.11. The number of benzene rings is 1. The molecule has 1 aromatic heterocycles. The van der Waals surface area contributed by atoms with Gasteiger partial charge in [0.2, 0.25) is 0 Å². The van der Waals surface area contributed by atoms with E-state index in [9.17, 15) is 9.59 Å². The number of aromatic nitrogens is 2. The fourth-order valence-corrected chi connectivity index (χ4v) is 2.76. The first-order chi connectivity index (χ1) is 10.1. The summed E-state index contributed by atoms with van der Waals surface area (Å²) in [6, 6.07) is 5.23. The summed E-state index contributed by atoms with van der Waals surface area (Å²) in [6.45, 7) is 2.92. The lowest BCUT2D eigenvalue weighted by Crippen LogP contribution is -2.32. The topological polar surface area (TPSA) is 75.3 Å². The van der Waals surface area contributed by atoms with E-state index in [0.29, 0.717) is 28.5 Å². The summed E-state index contributed by atoms with van der Waals surface area (Å²) in [5.41, 5.74) is 1.43. The smallest absolute Gasteiger partial charge is 0.337 e. The molecule has 21 heavy (non-hydrogen) atoms. The highest BCUT2D eigenvalue weighted by Gasteiger charge is 2.24. The van der Waals surface area contributed by atoms with Crippen molar-refractivity contribution < 1.29 is 9.53 Å². The van der Waals surface area contributed by atoms with Gasteiger partial charge in [-0.3, -0.25) is 4.79 Å². The van der Waals surface area contributed by atoms with Gasteiger partial charge in [0.15, 0.2) is 5.82 Å². The van der Waals surface area contributed by atoms with E-state index < -0.39 is 5.97 Å². The van der Waals surface area contributed by atoms with Crippen molar-refractivity contribution in [3.63, 3.8) is 0 Å². The second-order valence-corrected chi connectivity index (χ2v) is 5.30. The maximum absolute atomic E-state index is 12.2. The quantitative estimate of drug-likeness (QED) is 0.851. The van der Waals surface area contributed by atoms with E-state index in [1.54, 1.807) is 18.2 Å². The SMILES string of the molecule is COC(=O)c1ccc2[nH]c(=O)c(N3CCCC3C)nc2c1. The third kappa shape index (κ3) is 2.37. The molecule has 1 N–H and O–H groups in total. The van der Waals surface area contributed by atoms with E-state index in [0.717, 1.165) is 19.4 Å². The normalized spacial score (nSPS) is 18.2. The first-order valence-electron chi connectivity index (χ1n) is 6.99. The minimum atomic E-state index is -0.416. The largest absolute Gasteiger partial charge is 0.465 e. The highest BCUT2D eigenvalue weighted by molar-refractivity contribution is 5.93. The average Bonchev–Trinajstić information content (AvgIpc) is 2.91. The molecule has 1 aliphatic rings. The Morgan fingerprint density at radius 1 is 1.48 bits per heavy atom. The van der Waals surface area contributed by atoms with E-state index in [-0.39, 0.29) is 5.56 Å². The molecule has 1 atom stereocenters. The molecule has 1 fully saturated rings. The van der Waals surface area contributed by atoms with Crippen LogP contribution in [0.5, 0.6) is 0 Å². The van der Waals surface area contributed by atoms with Gasteiger partial charge in [-0.05, 0) is 38.0 Å². The van der Waals surface area contributed by atoms with Crippen LogP contribution in [0, 0.1) is 0 Å². The lowest BCUT2D eigenvalue weighted by molar-refractivity contribution is 0.0601. The molecule has 110 valence electrons. The number of carbonyl (C=O) groups is 1. The highest BCUT2D eigenvalue weighted by Crippen LogP contribution is 2.22. The number of carbonyl (C=O) groups excluding carboxylic acids is 1. The second-order valence-electron chi connectivity index (χ2n) is 5.30. The minimum absolute atomic E-state index is 0.193. The number of anilines is 1. The summed E-state index contributed by atoms with van der Waals surface area (Å²) in [6.07, 6.45) is 2.11. The molecule has 3 rings (SSSR count). The summed E-state index contributed by atoms with van der Waals surface area (Å²) in [4.78, 5) is 33.1. The summed E-state index contributed by atoms with van der Waals surface area (Å²) >= 11 is 0. The molecule has 0 radical (unpaired) electrons. The molecule has 1 aliphatic heterocycles. The van der Waals surface area contributed by atoms with Crippen molar-refractivity contribution in [1.82, 2.24) is 9.97 Å². The van der Waals surface area contributed by atoms with E-state index in [4.69, 9.17) is 4.74 Å². The number of hydrogen-bond acceptors (Lipinski definition) is 5. The van der Waals surface area contributed by atoms with Crippen LogP contribution in [0.15, 0.2) is 23.0 Å². The molecule has 0 amide bonds. The average molecular weight is 287 g/mol. The van der Waals surface area contributed by atoms with Crippen molar-refractivity contribution in [2.45, 2.75) is 25.8 Å². The second kappa shape index (κ2) is 5.20. The van der Waals surface area contributed by atoms with Crippen LogP contribution in [-0.4, -0.2) is 35.6 Å². The fraction of sp³-hybridized carbons (Fsp3) is 0.400. The van der Waals surface area contributed by atoms with E-state index >= 15 is 0 Å². The van der Waals surface area contributed by atoms with E-state index in [2.05, 4.69) is 16.9 Å². The molecule has 2 aromatic rings. The number of methoxy groups -OCH3 is 1. The Hall–Kier alpha value is -2.37. The van der Waals surface area contributed by atoms with Crippen LogP contribution in [-0.2, 0) is 4.74 Å². The number of fused-ring (bicyclic) bond motifs is 1. The molecule has 6 nitrogen and oxygen atoms in total. The predicted molar refractivity (Wildman–Crippen MR) is 79.7 cm³/mol. The molecule has 0 spiro atoms. The molecular weight excluding hydrogens is 270 g/mol. The van der Waals surface area contributed by atoms with Crippen LogP contribution in [0.3, 0.4) is 0 Å². The van der Waals surface area contributed by atoms with Gasteiger partial charge in [-0.2, -0.15) is 0 Å². The molecular formula is C15H17N3O3. The molecule has 1 unspecified atom stereocenters. The van der Waals surface area contributed by atoms with Crippen LogP contribution < -0.4 is 10.5 Å². The number of ether oxygens (including phenoxy) is 1. The van der Waals surface area contributed by atoms with Crippen molar-refractivity contribution in [1.29, 1.82) is 0 Å². The van der Waals surface area contributed by atoms with Gasteiger partial charge < -0.3 is 14.6 Å². The van der Waals surface area contributed by atoms with Crippen molar-refractivity contribution >= 4 is 22.8 Å². The summed E-state index contributed by atoms with van der Waals surface area (Å²) in [5, 5.41) is 0. The third-order valence-electron chi connectivity index (χ3n) is 3.92. The van der Waals surface area contributed by atoms with Gasteiger partial charge in [0.05, 0.1) is 23.7 Å². The van der Waals surface area contributed by atoms with Gasteiger partial charge in [0.25, 0.3) is 5.56 Å². The summed E-state index contributed by atoms with van der Waals surface area (Å²) in [5.74, 6) is 0.00973. The van der Waals surface area contributed by atoms with Crippen molar-refractivity contribution in [2.24, 2.45) is 0 Å². The maximum Gasteiger partial charge on any atom is 0.337 e. The third-order valence-corrected chi connectivity index (χ3v) is 3.92. The predicted octanol–water partition coefficient (Wildman–Crippen LogP) is 1.70. The van der Waals surface area contributed by atoms with Crippen LogP contribution in [0.4, 0.5) is 5.82 Å². The maximum atomic E-state index is 12.2. The van der Waals surface area contributed by atoms with Crippen LogP contribution in [0.25, 0.3) is 11.0 Å². The van der Waals surface area contributed by atoms with Crippen molar-refractivity contribution in [3.05, 3.63) is 34.1 Å². The Bertz CT molecular complexity index is 753. The number of nitrogens with zero attached hydrogens (tertiary/aromatic N) is 2. The van der Waals surface area contributed by atoms with Crippen LogP contribution >= 0.6 is 0 Å². The van der Waals surface area contributed by atoms with Crippen LogP contribution in [0.2, 0.25) is 0 Å².